The highest BCUT2D eigenvalue weighted by Gasteiger charge is 2.27. The van der Waals surface area contributed by atoms with Crippen LogP contribution in [0.25, 0.3) is 0 Å². The molecule has 1 N–H and O–H groups in total. The summed E-state index contributed by atoms with van der Waals surface area (Å²) >= 11 is 12.7. The minimum Gasteiger partial charge on any atom is -0.354 e. The lowest BCUT2D eigenvalue weighted by atomic mass is 9.97. The van der Waals surface area contributed by atoms with Crippen molar-refractivity contribution in [1.29, 1.82) is 0 Å². The van der Waals surface area contributed by atoms with Crippen LogP contribution in [-0.4, -0.2) is 29.2 Å². The molecule has 126 valence electrons. The molecular weight excluding hydrogens is 459 g/mol. The van der Waals surface area contributed by atoms with Crippen LogP contribution in [-0.2, 0) is 4.79 Å². The number of hydrogen-bond donors (Lipinski definition) is 1. The van der Waals surface area contributed by atoms with Crippen LogP contribution in [0.3, 0.4) is 0 Å². The number of carbonyl (C=O) groups excluding carboxylic acids is 1. The highest BCUT2D eigenvalue weighted by Crippen LogP contribution is 2.28. The molecule has 1 aliphatic heterocycles. The molecule has 5 nitrogen and oxygen atoms in total. The number of anilines is 2. The molecule has 3 rings (SSSR count). The lowest BCUT2D eigenvalue weighted by Crippen LogP contribution is -2.41. The molecule has 1 aromatic carbocycles. The summed E-state index contributed by atoms with van der Waals surface area (Å²) in [7, 11) is 0. The number of hydrogen-bond acceptors (Lipinski definition) is 4. The zero-order valence-corrected chi connectivity index (χ0v) is 16.6. The molecule has 1 unspecified atom stereocenters. The van der Waals surface area contributed by atoms with Gasteiger partial charge in [-0.05, 0) is 59.1 Å². The summed E-state index contributed by atoms with van der Waals surface area (Å²) in [5.74, 6) is 0.679. The Kier molecular flexibility index (Phi) is 5.73. The van der Waals surface area contributed by atoms with Crippen LogP contribution in [0.5, 0.6) is 0 Å². The molecule has 8 heteroatoms. The van der Waals surface area contributed by atoms with Crippen molar-refractivity contribution in [2.75, 3.05) is 23.3 Å². The maximum atomic E-state index is 12.6. The number of nitrogens with one attached hydrogen (secondary N) is 1. The van der Waals surface area contributed by atoms with Crippen molar-refractivity contribution in [3.8, 4) is 0 Å². The molecular formula is C16H15Br2ClN4O. The van der Waals surface area contributed by atoms with Crippen LogP contribution in [0.15, 0.2) is 39.3 Å². The lowest BCUT2D eigenvalue weighted by molar-refractivity contribution is -0.120. The zero-order valence-electron chi connectivity index (χ0n) is 12.7. The second kappa shape index (κ2) is 7.80. The first-order chi connectivity index (χ1) is 11.5. The Bertz CT molecular complexity index is 741. The summed E-state index contributed by atoms with van der Waals surface area (Å²) < 4.78 is 1.80. The SMILES string of the molecule is O=C(Nc1ccc(Br)cc1Br)C1CCCN(c2ccc(Cl)nn2)C1. The Labute approximate surface area is 162 Å². The van der Waals surface area contributed by atoms with E-state index < -0.39 is 0 Å². The van der Waals surface area contributed by atoms with Crippen LogP contribution in [0.4, 0.5) is 11.5 Å². The molecule has 1 saturated heterocycles. The molecule has 2 aromatic rings. The van der Waals surface area contributed by atoms with Crippen LogP contribution >= 0.6 is 43.5 Å². The van der Waals surface area contributed by atoms with Crippen LogP contribution in [0.2, 0.25) is 5.15 Å². The van der Waals surface area contributed by atoms with Gasteiger partial charge in [-0.3, -0.25) is 4.79 Å². The lowest BCUT2D eigenvalue weighted by Gasteiger charge is -2.32. The van der Waals surface area contributed by atoms with E-state index in [0.717, 1.165) is 39.8 Å². The first-order valence-corrected chi connectivity index (χ1v) is 9.49. The van der Waals surface area contributed by atoms with E-state index in [0.29, 0.717) is 11.7 Å². The maximum absolute atomic E-state index is 12.6. The third-order valence-corrected chi connectivity index (χ3v) is 5.27. The van der Waals surface area contributed by atoms with E-state index in [9.17, 15) is 4.79 Å². The third-order valence-electron chi connectivity index (χ3n) is 3.92. The molecule has 1 fully saturated rings. The number of halogens is 3. The second-order valence-corrected chi connectivity index (χ2v) is 7.77. The van der Waals surface area contributed by atoms with Crippen LogP contribution in [0, 0.1) is 5.92 Å². The number of benzene rings is 1. The molecule has 24 heavy (non-hydrogen) atoms. The van der Waals surface area contributed by atoms with Crippen molar-refractivity contribution in [2.45, 2.75) is 12.8 Å². The minimum atomic E-state index is -0.0909. The Morgan fingerprint density at radius 3 is 2.79 bits per heavy atom. The fourth-order valence-corrected chi connectivity index (χ4v) is 3.95. The third kappa shape index (κ3) is 4.26. The summed E-state index contributed by atoms with van der Waals surface area (Å²) in [6, 6.07) is 9.23. The monoisotopic (exact) mass is 472 g/mol. The molecule has 0 spiro atoms. The highest BCUT2D eigenvalue weighted by molar-refractivity contribution is 9.11. The standard InChI is InChI=1S/C16H15Br2ClN4O/c17-11-3-4-13(12(18)8-11)20-16(24)10-2-1-7-23(9-10)15-6-5-14(19)21-22-15/h3-6,8,10H,1-2,7,9H2,(H,20,24). The quantitative estimate of drug-likeness (QED) is 0.711. The smallest absolute Gasteiger partial charge is 0.229 e. The average Bonchev–Trinajstić information content (AvgIpc) is 2.58. The Morgan fingerprint density at radius 2 is 2.08 bits per heavy atom. The molecule has 1 atom stereocenters. The van der Waals surface area contributed by atoms with E-state index in [-0.39, 0.29) is 11.8 Å². The van der Waals surface area contributed by atoms with Gasteiger partial charge >= 0.3 is 0 Å². The summed E-state index contributed by atoms with van der Waals surface area (Å²) in [6.45, 7) is 1.48. The molecule has 0 bridgehead atoms. The molecule has 1 aromatic heterocycles. The van der Waals surface area contributed by atoms with Gasteiger partial charge in [0.25, 0.3) is 0 Å². The summed E-state index contributed by atoms with van der Waals surface area (Å²) in [4.78, 5) is 14.7. The van der Waals surface area contributed by atoms with Gasteiger partial charge in [-0.15, -0.1) is 10.2 Å². The van der Waals surface area contributed by atoms with Gasteiger partial charge in [0.1, 0.15) is 0 Å². The van der Waals surface area contributed by atoms with Gasteiger partial charge in [0, 0.05) is 22.0 Å². The first kappa shape index (κ1) is 17.6. The van der Waals surface area contributed by atoms with Crippen molar-refractivity contribution in [2.24, 2.45) is 5.92 Å². The normalized spacial score (nSPS) is 17.6. The number of aromatic nitrogens is 2. The van der Waals surface area contributed by atoms with E-state index in [4.69, 9.17) is 11.6 Å². The molecule has 0 radical (unpaired) electrons. The van der Waals surface area contributed by atoms with Gasteiger partial charge in [0.2, 0.25) is 5.91 Å². The predicted octanol–water partition coefficient (Wildman–Crippen LogP) is 4.51. The van der Waals surface area contributed by atoms with Crippen LogP contribution < -0.4 is 10.2 Å². The molecule has 1 amide bonds. The van der Waals surface area contributed by atoms with Gasteiger partial charge < -0.3 is 10.2 Å². The van der Waals surface area contributed by atoms with E-state index >= 15 is 0 Å². The second-order valence-electron chi connectivity index (χ2n) is 5.61. The molecule has 0 saturated carbocycles. The Morgan fingerprint density at radius 1 is 1.25 bits per heavy atom. The number of piperidine rings is 1. The maximum Gasteiger partial charge on any atom is 0.229 e. The average molecular weight is 475 g/mol. The Hall–Kier alpha value is -1.18. The van der Waals surface area contributed by atoms with E-state index in [1.807, 2.05) is 24.3 Å². The van der Waals surface area contributed by atoms with Gasteiger partial charge in [0.05, 0.1) is 11.6 Å². The fourth-order valence-electron chi connectivity index (χ4n) is 2.70. The molecule has 2 heterocycles. The Balaban J connectivity index is 1.67. The minimum absolute atomic E-state index is 0.0182. The van der Waals surface area contributed by atoms with Crippen molar-refractivity contribution in [3.05, 3.63) is 44.4 Å². The number of carbonyl (C=O) groups is 1. The van der Waals surface area contributed by atoms with Crippen molar-refractivity contribution >= 4 is 60.9 Å². The van der Waals surface area contributed by atoms with Gasteiger partial charge in [0.15, 0.2) is 11.0 Å². The molecule has 1 aliphatic rings. The number of nitrogens with zero attached hydrogens (tertiary/aromatic N) is 3. The molecule has 0 aliphatic carbocycles. The summed E-state index contributed by atoms with van der Waals surface area (Å²) in [6.07, 6.45) is 1.79. The largest absolute Gasteiger partial charge is 0.354 e. The van der Waals surface area contributed by atoms with E-state index in [1.54, 1.807) is 6.07 Å². The van der Waals surface area contributed by atoms with E-state index in [1.165, 1.54) is 0 Å². The number of amides is 1. The van der Waals surface area contributed by atoms with Gasteiger partial charge in [-0.25, -0.2) is 0 Å². The van der Waals surface area contributed by atoms with Gasteiger partial charge in [-0.2, -0.15) is 0 Å². The zero-order chi connectivity index (χ0) is 17.1. The number of rotatable bonds is 3. The van der Waals surface area contributed by atoms with Crippen LogP contribution in [0.1, 0.15) is 12.8 Å². The highest BCUT2D eigenvalue weighted by atomic mass is 79.9. The fraction of sp³-hybridized carbons (Fsp3) is 0.312. The summed E-state index contributed by atoms with van der Waals surface area (Å²) in [5, 5.41) is 11.3. The predicted molar refractivity (Wildman–Crippen MR) is 102 cm³/mol. The van der Waals surface area contributed by atoms with Crippen molar-refractivity contribution in [1.82, 2.24) is 10.2 Å². The van der Waals surface area contributed by atoms with Gasteiger partial charge in [-0.1, -0.05) is 27.5 Å². The van der Waals surface area contributed by atoms with Crippen molar-refractivity contribution in [3.63, 3.8) is 0 Å². The van der Waals surface area contributed by atoms with Crippen molar-refractivity contribution < 1.29 is 4.79 Å². The topological polar surface area (TPSA) is 58.1 Å². The summed E-state index contributed by atoms with van der Waals surface area (Å²) in [5.41, 5.74) is 0.770. The first-order valence-electron chi connectivity index (χ1n) is 7.53. The van der Waals surface area contributed by atoms with E-state index in [2.05, 4.69) is 52.3 Å².